The molecule has 6 heteroatoms. The van der Waals surface area contributed by atoms with Crippen molar-refractivity contribution >= 4 is 16.9 Å². The SMILES string of the molecule is CCCn1c(=O)n(CCC(=O)N(C)Cc2ccc(C#N)cc2)c2ccccc21. The Balaban J connectivity index is 1.71. The molecular formula is C22H24N4O2. The average Bonchev–Trinajstić information content (AvgIpc) is 2.98. The van der Waals surface area contributed by atoms with E-state index >= 15 is 0 Å². The van der Waals surface area contributed by atoms with Gasteiger partial charge in [-0.15, -0.1) is 0 Å². The zero-order chi connectivity index (χ0) is 20.1. The first-order valence-corrected chi connectivity index (χ1v) is 9.46. The number of hydrogen-bond acceptors (Lipinski definition) is 3. The number of para-hydroxylation sites is 2. The number of imidazole rings is 1. The maximum atomic E-state index is 12.8. The molecule has 2 aromatic carbocycles. The molecule has 0 N–H and O–H groups in total. The average molecular weight is 376 g/mol. The van der Waals surface area contributed by atoms with Crippen LogP contribution >= 0.6 is 0 Å². The number of nitrogens with zero attached hydrogens (tertiary/aromatic N) is 4. The first-order valence-electron chi connectivity index (χ1n) is 9.46. The largest absolute Gasteiger partial charge is 0.341 e. The van der Waals surface area contributed by atoms with Crippen molar-refractivity contribution in [2.75, 3.05) is 7.05 Å². The minimum atomic E-state index is -0.0643. The van der Waals surface area contributed by atoms with Crippen LogP contribution in [0.2, 0.25) is 0 Å². The topological polar surface area (TPSA) is 71.0 Å². The van der Waals surface area contributed by atoms with Crippen LogP contribution in [0.1, 0.15) is 30.9 Å². The lowest BCUT2D eigenvalue weighted by molar-refractivity contribution is -0.130. The second-order valence-corrected chi connectivity index (χ2v) is 6.88. The summed E-state index contributed by atoms with van der Waals surface area (Å²) >= 11 is 0. The zero-order valence-electron chi connectivity index (χ0n) is 16.3. The van der Waals surface area contributed by atoms with E-state index in [0.717, 1.165) is 23.0 Å². The Morgan fingerprint density at radius 1 is 1.04 bits per heavy atom. The Morgan fingerprint density at radius 2 is 1.64 bits per heavy atom. The van der Waals surface area contributed by atoms with E-state index in [9.17, 15) is 9.59 Å². The van der Waals surface area contributed by atoms with Crippen LogP contribution in [0.15, 0.2) is 53.3 Å². The molecule has 144 valence electrons. The molecule has 0 aliphatic heterocycles. The van der Waals surface area contributed by atoms with Crippen molar-refractivity contribution in [3.05, 3.63) is 70.1 Å². The summed E-state index contributed by atoms with van der Waals surface area (Å²) in [5.41, 5.74) is 3.27. The summed E-state index contributed by atoms with van der Waals surface area (Å²) in [6.07, 6.45) is 1.13. The molecule has 0 radical (unpaired) electrons. The van der Waals surface area contributed by atoms with Gasteiger partial charge in [-0.1, -0.05) is 31.2 Å². The molecule has 28 heavy (non-hydrogen) atoms. The van der Waals surface area contributed by atoms with Crippen LogP contribution < -0.4 is 5.69 Å². The number of aromatic nitrogens is 2. The van der Waals surface area contributed by atoms with Gasteiger partial charge in [0.15, 0.2) is 0 Å². The van der Waals surface area contributed by atoms with E-state index in [1.54, 1.807) is 33.2 Å². The molecule has 1 amide bonds. The van der Waals surface area contributed by atoms with E-state index < -0.39 is 0 Å². The normalized spacial score (nSPS) is 10.8. The number of rotatable bonds is 7. The van der Waals surface area contributed by atoms with Crippen molar-refractivity contribution < 1.29 is 4.79 Å². The maximum absolute atomic E-state index is 12.8. The first-order chi connectivity index (χ1) is 13.5. The highest BCUT2D eigenvalue weighted by atomic mass is 16.2. The maximum Gasteiger partial charge on any atom is 0.329 e. The van der Waals surface area contributed by atoms with Crippen LogP contribution in [-0.2, 0) is 24.4 Å². The van der Waals surface area contributed by atoms with Crippen LogP contribution in [0.25, 0.3) is 11.0 Å². The smallest absolute Gasteiger partial charge is 0.329 e. The first kappa shape index (κ1) is 19.4. The molecular weight excluding hydrogens is 352 g/mol. The van der Waals surface area contributed by atoms with Gasteiger partial charge < -0.3 is 4.90 Å². The molecule has 0 aliphatic carbocycles. The van der Waals surface area contributed by atoms with Gasteiger partial charge in [0.1, 0.15) is 0 Å². The minimum absolute atomic E-state index is 0.0245. The van der Waals surface area contributed by atoms with Gasteiger partial charge in [-0.3, -0.25) is 13.9 Å². The standard InChI is InChI=1S/C22H24N4O2/c1-3-13-25-19-6-4-5-7-20(19)26(22(25)28)14-12-21(27)24(2)16-18-10-8-17(15-23)9-11-18/h4-11H,3,12-14,16H2,1-2H3. The summed E-state index contributed by atoms with van der Waals surface area (Å²) < 4.78 is 3.47. The Bertz CT molecular complexity index is 1070. The predicted molar refractivity (Wildman–Crippen MR) is 109 cm³/mol. The van der Waals surface area contributed by atoms with Crippen molar-refractivity contribution in [2.24, 2.45) is 0 Å². The monoisotopic (exact) mass is 376 g/mol. The van der Waals surface area contributed by atoms with E-state index in [2.05, 4.69) is 6.07 Å². The fraction of sp³-hybridized carbons (Fsp3) is 0.318. The van der Waals surface area contributed by atoms with Crippen LogP contribution in [0.5, 0.6) is 0 Å². The summed E-state index contributed by atoms with van der Waals surface area (Å²) in [7, 11) is 1.75. The zero-order valence-corrected chi connectivity index (χ0v) is 16.3. The number of aryl methyl sites for hydroxylation is 2. The van der Waals surface area contributed by atoms with Gasteiger partial charge in [-0.05, 0) is 36.2 Å². The minimum Gasteiger partial charge on any atom is -0.341 e. The number of benzene rings is 2. The molecule has 0 saturated heterocycles. The highest BCUT2D eigenvalue weighted by molar-refractivity contribution is 5.78. The van der Waals surface area contributed by atoms with Crippen molar-refractivity contribution in [1.82, 2.24) is 14.0 Å². The third-order valence-electron chi connectivity index (χ3n) is 4.85. The van der Waals surface area contributed by atoms with E-state index in [1.807, 2.05) is 43.3 Å². The summed E-state index contributed by atoms with van der Waals surface area (Å²) in [4.78, 5) is 27.0. The molecule has 0 bridgehead atoms. The van der Waals surface area contributed by atoms with E-state index in [4.69, 9.17) is 5.26 Å². The summed E-state index contributed by atoms with van der Waals surface area (Å²) in [6, 6.07) is 17.0. The van der Waals surface area contributed by atoms with E-state index in [1.165, 1.54) is 0 Å². The molecule has 0 fully saturated rings. The lowest BCUT2D eigenvalue weighted by Crippen LogP contribution is -2.30. The van der Waals surface area contributed by atoms with E-state index in [-0.39, 0.29) is 18.0 Å². The highest BCUT2D eigenvalue weighted by Gasteiger charge is 2.15. The second kappa shape index (κ2) is 8.57. The summed E-state index contributed by atoms with van der Waals surface area (Å²) in [6.45, 7) is 3.53. The number of amides is 1. The fourth-order valence-corrected chi connectivity index (χ4v) is 3.37. The molecule has 0 spiro atoms. The van der Waals surface area contributed by atoms with Crippen LogP contribution in [0.4, 0.5) is 0 Å². The highest BCUT2D eigenvalue weighted by Crippen LogP contribution is 2.14. The van der Waals surface area contributed by atoms with Gasteiger partial charge in [0.25, 0.3) is 0 Å². The Hall–Kier alpha value is -3.33. The quantitative estimate of drug-likeness (QED) is 0.636. The van der Waals surface area contributed by atoms with Gasteiger partial charge in [0.2, 0.25) is 5.91 Å². The van der Waals surface area contributed by atoms with Crippen LogP contribution in [0.3, 0.4) is 0 Å². The number of carbonyl (C=O) groups excluding carboxylic acids is 1. The number of carbonyl (C=O) groups is 1. The molecule has 0 atom stereocenters. The lowest BCUT2D eigenvalue weighted by atomic mass is 10.1. The lowest BCUT2D eigenvalue weighted by Gasteiger charge is -2.17. The van der Waals surface area contributed by atoms with Gasteiger partial charge >= 0.3 is 5.69 Å². The van der Waals surface area contributed by atoms with Gasteiger partial charge in [-0.2, -0.15) is 5.26 Å². The van der Waals surface area contributed by atoms with Gasteiger partial charge in [0, 0.05) is 33.1 Å². The van der Waals surface area contributed by atoms with Crippen molar-refractivity contribution in [1.29, 1.82) is 5.26 Å². The molecule has 0 unspecified atom stereocenters. The molecule has 1 aromatic heterocycles. The van der Waals surface area contributed by atoms with Crippen molar-refractivity contribution in [3.63, 3.8) is 0 Å². The van der Waals surface area contributed by atoms with Gasteiger partial charge in [-0.25, -0.2) is 4.79 Å². The van der Waals surface area contributed by atoms with Crippen LogP contribution in [0, 0.1) is 11.3 Å². The van der Waals surface area contributed by atoms with Gasteiger partial charge in [0.05, 0.1) is 22.7 Å². The Kier molecular flexibility index (Phi) is 5.95. The van der Waals surface area contributed by atoms with Crippen LogP contribution in [-0.4, -0.2) is 27.0 Å². The summed E-state index contributed by atoms with van der Waals surface area (Å²) in [5.74, 6) is -0.0245. The molecule has 6 nitrogen and oxygen atoms in total. The third kappa shape index (κ3) is 3.99. The molecule has 0 saturated carbocycles. The number of nitriles is 1. The molecule has 1 heterocycles. The molecule has 3 aromatic rings. The number of fused-ring (bicyclic) bond motifs is 1. The number of hydrogen-bond donors (Lipinski definition) is 0. The predicted octanol–water partition coefficient (Wildman–Crippen LogP) is 3.13. The Labute approximate surface area is 164 Å². The molecule has 0 aliphatic rings. The van der Waals surface area contributed by atoms with E-state index in [0.29, 0.717) is 25.2 Å². The third-order valence-corrected chi connectivity index (χ3v) is 4.85. The van der Waals surface area contributed by atoms with Crippen molar-refractivity contribution in [2.45, 2.75) is 39.4 Å². The Morgan fingerprint density at radius 3 is 2.21 bits per heavy atom. The van der Waals surface area contributed by atoms with Crippen molar-refractivity contribution in [3.8, 4) is 6.07 Å². The molecule has 3 rings (SSSR count). The fourth-order valence-electron chi connectivity index (χ4n) is 3.37. The summed E-state index contributed by atoms with van der Waals surface area (Å²) in [5, 5.41) is 8.87. The second-order valence-electron chi connectivity index (χ2n) is 6.88.